The minimum Gasteiger partial charge on any atom is -0.399 e. The number of carbonyl (C=O) groups excluding carboxylic acids is 1. The van der Waals surface area contributed by atoms with Gasteiger partial charge in [-0.25, -0.2) is 13.6 Å². The van der Waals surface area contributed by atoms with Crippen LogP contribution in [0.3, 0.4) is 0 Å². The Morgan fingerprint density at radius 1 is 1.32 bits per heavy atom. The average Bonchev–Trinajstić information content (AvgIpc) is 2.52. The van der Waals surface area contributed by atoms with Crippen molar-refractivity contribution in [1.82, 2.24) is 5.32 Å². The summed E-state index contributed by atoms with van der Waals surface area (Å²) < 4.78 is 23.2. The van der Waals surface area contributed by atoms with Gasteiger partial charge in [0.25, 0.3) is 0 Å². The number of anilines is 2. The topological polar surface area (TPSA) is 119 Å². The smallest absolute Gasteiger partial charge is 0.240 e. The average molecular weight is 284 g/mol. The molecule has 5 N–H and O–H groups in total. The summed E-state index contributed by atoms with van der Waals surface area (Å²) in [5, 5.41) is 7.92. The van der Waals surface area contributed by atoms with Crippen molar-refractivity contribution in [3.63, 3.8) is 0 Å². The van der Waals surface area contributed by atoms with E-state index in [-0.39, 0.29) is 17.3 Å². The van der Waals surface area contributed by atoms with Crippen molar-refractivity contribution in [2.24, 2.45) is 5.14 Å². The first-order valence-electron chi connectivity index (χ1n) is 5.82. The summed E-state index contributed by atoms with van der Waals surface area (Å²) in [6, 6.07) is 4.48. The first-order valence-corrected chi connectivity index (χ1v) is 7.36. The normalized spacial score (nSPS) is 16.9. The fraction of sp³-hybridized carbons (Fsp3) is 0.364. The molecule has 0 spiro atoms. The number of nitrogens with two attached hydrogens (primary N) is 2. The third-order valence-corrected chi connectivity index (χ3v) is 3.83. The quantitative estimate of drug-likeness (QED) is 0.617. The summed E-state index contributed by atoms with van der Waals surface area (Å²) in [5.41, 5.74) is 6.32. The molecule has 0 bridgehead atoms. The zero-order valence-electron chi connectivity index (χ0n) is 10.3. The van der Waals surface area contributed by atoms with Crippen LogP contribution < -0.4 is 21.1 Å². The summed E-state index contributed by atoms with van der Waals surface area (Å²) in [4.78, 5) is 13.2. The Kier molecular flexibility index (Phi) is 3.63. The Labute approximate surface area is 111 Å². The predicted molar refractivity (Wildman–Crippen MR) is 72.1 cm³/mol. The van der Waals surface area contributed by atoms with E-state index < -0.39 is 10.0 Å². The number of sulfonamides is 1. The van der Waals surface area contributed by atoms with Gasteiger partial charge in [0.05, 0.1) is 12.2 Å². The van der Waals surface area contributed by atoms with Crippen molar-refractivity contribution in [2.75, 3.05) is 30.3 Å². The van der Waals surface area contributed by atoms with E-state index in [1.54, 1.807) is 17.0 Å². The fourth-order valence-electron chi connectivity index (χ4n) is 2.03. The number of rotatable bonds is 2. The van der Waals surface area contributed by atoms with Gasteiger partial charge in [0, 0.05) is 18.8 Å². The lowest BCUT2D eigenvalue weighted by molar-refractivity contribution is -0.119. The van der Waals surface area contributed by atoms with E-state index >= 15 is 0 Å². The van der Waals surface area contributed by atoms with Crippen molar-refractivity contribution in [2.45, 2.75) is 11.3 Å². The molecule has 1 aliphatic rings. The molecule has 1 fully saturated rings. The van der Waals surface area contributed by atoms with E-state index in [0.29, 0.717) is 24.5 Å². The van der Waals surface area contributed by atoms with E-state index in [9.17, 15) is 13.2 Å². The van der Waals surface area contributed by atoms with Crippen LogP contribution in [0.5, 0.6) is 0 Å². The second kappa shape index (κ2) is 5.06. The highest BCUT2D eigenvalue weighted by atomic mass is 32.2. The summed E-state index contributed by atoms with van der Waals surface area (Å²) in [6.45, 7) is 1.26. The maximum Gasteiger partial charge on any atom is 0.240 e. The first kappa shape index (κ1) is 13.6. The van der Waals surface area contributed by atoms with Gasteiger partial charge >= 0.3 is 0 Å². The number of carbonyl (C=O) groups is 1. The largest absolute Gasteiger partial charge is 0.399 e. The molecule has 1 heterocycles. The summed E-state index contributed by atoms with van der Waals surface area (Å²) in [5.74, 6) is -0.144. The van der Waals surface area contributed by atoms with Gasteiger partial charge < -0.3 is 16.0 Å². The number of nitrogens with one attached hydrogen (secondary N) is 1. The molecule has 0 atom stereocenters. The second-order valence-corrected chi connectivity index (χ2v) is 5.93. The molecule has 1 saturated heterocycles. The third-order valence-electron chi connectivity index (χ3n) is 2.89. The molecule has 1 aromatic rings. The number of benzene rings is 1. The van der Waals surface area contributed by atoms with Crippen LogP contribution in [-0.4, -0.2) is 34.0 Å². The molecule has 1 aliphatic heterocycles. The highest BCUT2D eigenvalue weighted by Gasteiger charge is 2.22. The Morgan fingerprint density at radius 3 is 2.74 bits per heavy atom. The number of nitrogens with zero attached hydrogens (tertiary/aromatic N) is 1. The molecule has 1 amide bonds. The van der Waals surface area contributed by atoms with E-state index in [1.807, 2.05) is 0 Å². The summed E-state index contributed by atoms with van der Waals surface area (Å²) in [6.07, 6.45) is 0.736. The lowest BCUT2D eigenvalue weighted by atomic mass is 10.2. The van der Waals surface area contributed by atoms with Crippen molar-refractivity contribution in [1.29, 1.82) is 0 Å². The van der Waals surface area contributed by atoms with Crippen LogP contribution in [0.25, 0.3) is 0 Å². The molecule has 0 unspecified atom stereocenters. The van der Waals surface area contributed by atoms with Gasteiger partial charge in [0.2, 0.25) is 15.9 Å². The molecule has 8 heteroatoms. The van der Waals surface area contributed by atoms with E-state index in [0.717, 1.165) is 6.42 Å². The SMILES string of the molecule is Nc1ccc(N2CCCNC(=O)C2)c(S(N)(=O)=O)c1. The van der Waals surface area contributed by atoms with E-state index in [2.05, 4.69) is 5.32 Å². The lowest BCUT2D eigenvalue weighted by Gasteiger charge is -2.23. The van der Waals surface area contributed by atoms with Crippen LogP contribution in [0.15, 0.2) is 23.1 Å². The molecule has 0 saturated carbocycles. The third kappa shape index (κ3) is 3.15. The van der Waals surface area contributed by atoms with Crippen molar-refractivity contribution in [3.8, 4) is 0 Å². The molecule has 2 rings (SSSR count). The monoisotopic (exact) mass is 284 g/mol. The minimum absolute atomic E-state index is 0.0535. The Morgan fingerprint density at radius 2 is 2.05 bits per heavy atom. The molecule has 19 heavy (non-hydrogen) atoms. The van der Waals surface area contributed by atoms with Crippen molar-refractivity contribution < 1.29 is 13.2 Å². The summed E-state index contributed by atoms with van der Waals surface area (Å²) >= 11 is 0. The maximum atomic E-state index is 11.6. The molecule has 0 aliphatic carbocycles. The van der Waals surface area contributed by atoms with Gasteiger partial charge in [-0.3, -0.25) is 4.79 Å². The van der Waals surface area contributed by atoms with Gasteiger partial charge in [-0.2, -0.15) is 0 Å². The lowest BCUT2D eigenvalue weighted by Crippen LogP contribution is -2.34. The molecule has 0 radical (unpaired) electrons. The Hall–Kier alpha value is -1.80. The van der Waals surface area contributed by atoms with Crippen LogP contribution >= 0.6 is 0 Å². The molecule has 104 valence electrons. The van der Waals surface area contributed by atoms with Crippen molar-refractivity contribution in [3.05, 3.63) is 18.2 Å². The number of amides is 1. The van der Waals surface area contributed by atoms with Crippen LogP contribution in [0.2, 0.25) is 0 Å². The molecule has 1 aromatic carbocycles. The zero-order valence-corrected chi connectivity index (χ0v) is 11.1. The van der Waals surface area contributed by atoms with Gasteiger partial charge in [0.1, 0.15) is 4.90 Å². The van der Waals surface area contributed by atoms with Crippen molar-refractivity contribution >= 4 is 27.3 Å². The fourth-order valence-corrected chi connectivity index (χ4v) is 2.82. The first-order chi connectivity index (χ1) is 8.88. The second-order valence-electron chi connectivity index (χ2n) is 4.40. The molecule has 0 aromatic heterocycles. The Bertz CT molecular complexity index is 600. The highest BCUT2D eigenvalue weighted by Crippen LogP contribution is 2.27. The van der Waals surface area contributed by atoms with Gasteiger partial charge in [0.15, 0.2) is 0 Å². The van der Waals surface area contributed by atoms with Crippen LogP contribution in [0.4, 0.5) is 11.4 Å². The standard InChI is InChI=1S/C11H16N4O3S/c12-8-2-3-9(10(6-8)19(13,17)18)15-5-1-4-14-11(16)7-15/h2-3,6H,1,4-5,7,12H2,(H,14,16)(H2,13,17,18). The molecule has 7 nitrogen and oxygen atoms in total. The summed E-state index contributed by atoms with van der Waals surface area (Å²) in [7, 11) is -3.89. The number of nitrogen functional groups attached to an aromatic ring is 1. The van der Waals surface area contributed by atoms with Gasteiger partial charge in [-0.1, -0.05) is 0 Å². The van der Waals surface area contributed by atoms with E-state index in [1.165, 1.54) is 6.07 Å². The molecular weight excluding hydrogens is 268 g/mol. The molecular formula is C11H16N4O3S. The predicted octanol–water partition coefficient (Wildman–Crippen LogP) is -0.757. The van der Waals surface area contributed by atoms with Crippen LogP contribution in [0, 0.1) is 0 Å². The minimum atomic E-state index is -3.89. The van der Waals surface area contributed by atoms with Crippen LogP contribution in [-0.2, 0) is 14.8 Å². The number of hydrogen-bond acceptors (Lipinski definition) is 5. The van der Waals surface area contributed by atoms with Gasteiger partial charge in [-0.05, 0) is 24.6 Å². The van der Waals surface area contributed by atoms with Gasteiger partial charge in [-0.15, -0.1) is 0 Å². The maximum absolute atomic E-state index is 11.6. The van der Waals surface area contributed by atoms with E-state index in [4.69, 9.17) is 10.9 Å². The zero-order chi connectivity index (χ0) is 14.0. The Balaban J connectivity index is 2.46. The number of hydrogen-bond donors (Lipinski definition) is 3. The van der Waals surface area contributed by atoms with Crippen LogP contribution in [0.1, 0.15) is 6.42 Å². The highest BCUT2D eigenvalue weighted by molar-refractivity contribution is 7.89. The number of primary sulfonamides is 1.